The summed E-state index contributed by atoms with van der Waals surface area (Å²) in [4.78, 5) is 4.22. The van der Waals surface area contributed by atoms with Crippen molar-refractivity contribution in [3.63, 3.8) is 0 Å². The van der Waals surface area contributed by atoms with E-state index in [0.717, 1.165) is 18.9 Å². The summed E-state index contributed by atoms with van der Waals surface area (Å²) in [5, 5.41) is 3.06. The average molecular weight is 283 g/mol. The van der Waals surface area contributed by atoms with Gasteiger partial charge in [0.15, 0.2) is 11.6 Å². The molecule has 1 aromatic carbocycles. The van der Waals surface area contributed by atoms with Crippen LogP contribution in [-0.4, -0.2) is 16.1 Å². The van der Waals surface area contributed by atoms with E-state index in [1.807, 2.05) is 0 Å². The van der Waals surface area contributed by atoms with Crippen LogP contribution in [0.1, 0.15) is 25.5 Å². The van der Waals surface area contributed by atoms with Crippen LogP contribution in [0.25, 0.3) is 5.69 Å². The lowest BCUT2D eigenvalue weighted by Crippen LogP contribution is -2.09. The lowest BCUT2D eigenvalue weighted by molar-refractivity contribution is 0.493. The molecule has 0 unspecified atom stereocenters. The predicted octanol–water partition coefficient (Wildman–Crippen LogP) is 3.81. The van der Waals surface area contributed by atoms with Gasteiger partial charge >= 0.3 is 0 Å². The summed E-state index contributed by atoms with van der Waals surface area (Å²) in [7, 11) is 0. The van der Waals surface area contributed by atoms with Crippen molar-refractivity contribution in [1.82, 2.24) is 9.55 Å². The number of rotatable bonds is 5. The molecule has 0 saturated carbocycles. The maximum atomic E-state index is 13.8. The number of nitrogens with one attached hydrogen (secondary N) is 1. The molecule has 0 saturated heterocycles. The zero-order valence-electron chi connectivity index (χ0n) is 11.4. The molecule has 2 aromatic rings. The second-order valence-corrected chi connectivity index (χ2v) is 4.57. The van der Waals surface area contributed by atoms with Crippen LogP contribution < -0.4 is 5.32 Å². The van der Waals surface area contributed by atoms with Crippen molar-refractivity contribution < 1.29 is 13.2 Å². The molecule has 0 amide bonds. The van der Waals surface area contributed by atoms with Crippen LogP contribution in [0.2, 0.25) is 0 Å². The van der Waals surface area contributed by atoms with Gasteiger partial charge in [0.1, 0.15) is 5.82 Å². The number of aryl methyl sites for hydroxylation is 1. The van der Waals surface area contributed by atoms with Crippen molar-refractivity contribution in [2.45, 2.75) is 26.7 Å². The number of hydrogen-bond donors (Lipinski definition) is 1. The molecule has 6 heteroatoms. The Morgan fingerprint density at radius 1 is 1.15 bits per heavy atom. The first-order chi connectivity index (χ1) is 9.52. The number of nitrogens with zero attached hydrogens (tertiary/aromatic N) is 2. The molecule has 2 rings (SSSR count). The SMILES string of the molecule is CCCCNc1nc(C)cn1-c1cc(F)c(F)cc1F. The van der Waals surface area contributed by atoms with Crippen molar-refractivity contribution in [3.05, 3.63) is 41.5 Å². The molecule has 1 aromatic heterocycles. The molecule has 3 nitrogen and oxygen atoms in total. The largest absolute Gasteiger partial charge is 0.355 e. The molecule has 0 aliphatic rings. The summed E-state index contributed by atoms with van der Waals surface area (Å²) in [5.74, 6) is -2.71. The first-order valence-electron chi connectivity index (χ1n) is 6.47. The topological polar surface area (TPSA) is 29.9 Å². The molecule has 1 N–H and O–H groups in total. The molecule has 0 fully saturated rings. The molecule has 0 aliphatic carbocycles. The molecule has 1 heterocycles. The van der Waals surface area contributed by atoms with E-state index in [4.69, 9.17) is 0 Å². The van der Waals surface area contributed by atoms with Gasteiger partial charge in [-0.2, -0.15) is 0 Å². The van der Waals surface area contributed by atoms with Gasteiger partial charge in [-0.15, -0.1) is 0 Å². The highest BCUT2D eigenvalue weighted by Gasteiger charge is 2.15. The number of aromatic nitrogens is 2. The minimum Gasteiger partial charge on any atom is -0.355 e. The van der Waals surface area contributed by atoms with E-state index in [2.05, 4.69) is 17.2 Å². The minimum absolute atomic E-state index is 0.0662. The highest BCUT2D eigenvalue weighted by Crippen LogP contribution is 2.22. The Balaban J connectivity index is 2.39. The van der Waals surface area contributed by atoms with Gasteiger partial charge in [0.05, 0.1) is 11.4 Å². The number of imidazole rings is 1. The molecular weight excluding hydrogens is 267 g/mol. The van der Waals surface area contributed by atoms with Gasteiger partial charge in [-0.05, 0) is 13.3 Å². The fraction of sp³-hybridized carbons (Fsp3) is 0.357. The highest BCUT2D eigenvalue weighted by molar-refractivity contribution is 5.44. The summed E-state index contributed by atoms with van der Waals surface area (Å²) in [6.45, 7) is 4.48. The predicted molar refractivity (Wildman–Crippen MR) is 71.6 cm³/mol. The Labute approximate surface area is 115 Å². The summed E-state index contributed by atoms with van der Waals surface area (Å²) < 4.78 is 41.5. The van der Waals surface area contributed by atoms with Crippen LogP contribution in [0.5, 0.6) is 0 Å². The number of unbranched alkanes of at least 4 members (excludes halogenated alkanes) is 1. The van der Waals surface area contributed by atoms with E-state index in [1.54, 1.807) is 13.1 Å². The maximum absolute atomic E-state index is 13.8. The van der Waals surface area contributed by atoms with Gasteiger partial charge in [-0.25, -0.2) is 18.2 Å². The second-order valence-electron chi connectivity index (χ2n) is 4.57. The van der Waals surface area contributed by atoms with Crippen molar-refractivity contribution in [3.8, 4) is 5.69 Å². The summed E-state index contributed by atoms with van der Waals surface area (Å²) in [6, 6.07) is 1.37. The van der Waals surface area contributed by atoms with Crippen LogP contribution in [0, 0.1) is 24.4 Å². The monoisotopic (exact) mass is 283 g/mol. The highest BCUT2D eigenvalue weighted by atomic mass is 19.2. The smallest absolute Gasteiger partial charge is 0.207 e. The third-order valence-electron chi connectivity index (χ3n) is 2.89. The third-order valence-corrected chi connectivity index (χ3v) is 2.89. The van der Waals surface area contributed by atoms with Gasteiger partial charge in [0.2, 0.25) is 5.95 Å². The average Bonchev–Trinajstić information content (AvgIpc) is 2.75. The summed E-state index contributed by atoms with van der Waals surface area (Å²) in [6.07, 6.45) is 3.52. The molecule has 0 atom stereocenters. The van der Waals surface area contributed by atoms with E-state index in [1.165, 1.54) is 4.57 Å². The van der Waals surface area contributed by atoms with E-state index in [-0.39, 0.29) is 5.69 Å². The number of anilines is 1. The Morgan fingerprint density at radius 2 is 1.85 bits per heavy atom. The van der Waals surface area contributed by atoms with Crippen LogP contribution in [0.3, 0.4) is 0 Å². The van der Waals surface area contributed by atoms with Gasteiger partial charge in [0, 0.05) is 24.9 Å². The maximum Gasteiger partial charge on any atom is 0.207 e. The molecule has 0 spiro atoms. The van der Waals surface area contributed by atoms with Gasteiger partial charge < -0.3 is 5.32 Å². The van der Waals surface area contributed by atoms with Crippen LogP contribution in [-0.2, 0) is 0 Å². The fourth-order valence-electron chi connectivity index (χ4n) is 1.88. The molecular formula is C14H16F3N3. The van der Waals surface area contributed by atoms with E-state index >= 15 is 0 Å². The number of benzene rings is 1. The van der Waals surface area contributed by atoms with Crippen molar-refractivity contribution in [2.24, 2.45) is 0 Å². The van der Waals surface area contributed by atoms with Gasteiger partial charge in [-0.3, -0.25) is 4.57 Å². The van der Waals surface area contributed by atoms with E-state index in [0.29, 0.717) is 24.3 Å². The first kappa shape index (κ1) is 14.4. The Kier molecular flexibility index (Phi) is 4.32. The van der Waals surface area contributed by atoms with Crippen LogP contribution >= 0.6 is 0 Å². The van der Waals surface area contributed by atoms with Gasteiger partial charge in [-0.1, -0.05) is 13.3 Å². The second kappa shape index (κ2) is 5.98. The van der Waals surface area contributed by atoms with Crippen LogP contribution in [0.15, 0.2) is 18.3 Å². The normalized spacial score (nSPS) is 10.8. The number of hydrogen-bond acceptors (Lipinski definition) is 2. The van der Waals surface area contributed by atoms with Gasteiger partial charge in [0.25, 0.3) is 0 Å². The molecule has 108 valence electrons. The Morgan fingerprint density at radius 3 is 2.55 bits per heavy atom. The van der Waals surface area contributed by atoms with Crippen molar-refractivity contribution in [2.75, 3.05) is 11.9 Å². The molecule has 20 heavy (non-hydrogen) atoms. The van der Waals surface area contributed by atoms with E-state index in [9.17, 15) is 13.2 Å². The van der Waals surface area contributed by atoms with Crippen molar-refractivity contribution in [1.29, 1.82) is 0 Å². The fourth-order valence-corrected chi connectivity index (χ4v) is 1.88. The van der Waals surface area contributed by atoms with E-state index < -0.39 is 17.5 Å². The summed E-state index contributed by atoms with van der Waals surface area (Å²) >= 11 is 0. The number of halogens is 3. The zero-order chi connectivity index (χ0) is 14.7. The van der Waals surface area contributed by atoms with Crippen molar-refractivity contribution >= 4 is 5.95 Å². The lowest BCUT2D eigenvalue weighted by atomic mass is 10.3. The molecule has 0 bridgehead atoms. The standard InChI is InChI=1S/C14H16F3N3/c1-3-4-5-18-14-19-9(2)8-20(14)13-7-11(16)10(15)6-12(13)17/h6-8H,3-5H2,1-2H3,(H,18,19). The first-order valence-corrected chi connectivity index (χ1v) is 6.47. The lowest BCUT2D eigenvalue weighted by Gasteiger charge is -2.10. The molecule has 0 aliphatic heterocycles. The minimum atomic E-state index is -1.21. The third kappa shape index (κ3) is 2.95. The Bertz CT molecular complexity index is 608. The summed E-state index contributed by atoms with van der Waals surface area (Å²) in [5.41, 5.74) is 0.594. The zero-order valence-corrected chi connectivity index (χ0v) is 11.4. The van der Waals surface area contributed by atoms with Crippen LogP contribution in [0.4, 0.5) is 19.1 Å². The quantitative estimate of drug-likeness (QED) is 0.668. The Hall–Kier alpha value is -1.98. The molecule has 0 radical (unpaired) electrons.